The number of fused-ring (bicyclic) bond motifs is 2. The van der Waals surface area contributed by atoms with Gasteiger partial charge in [-0.3, -0.25) is 0 Å². The molecule has 0 aromatic carbocycles. The highest BCUT2D eigenvalue weighted by molar-refractivity contribution is 5.57. The van der Waals surface area contributed by atoms with Gasteiger partial charge in [-0.2, -0.15) is 0 Å². The SMILES string of the molecule is C1=CCC2C3=C(C=1)C=C1CC4C1C3C24. The summed E-state index contributed by atoms with van der Waals surface area (Å²) in [5, 5.41) is 0. The summed E-state index contributed by atoms with van der Waals surface area (Å²) >= 11 is 0. The van der Waals surface area contributed by atoms with Gasteiger partial charge < -0.3 is 0 Å². The molecular formula is C14H12. The largest absolute Gasteiger partial charge is 0.125 e. The molecule has 0 aliphatic heterocycles. The van der Waals surface area contributed by atoms with Crippen LogP contribution in [-0.2, 0) is 0 Å². The molecule has 0 aromatic rings. The number of hydrogen-bond donors (Lipinski definition) is 0. The van der Waals surface area contributed by atoms with Gasteiger partial charge in [0.15, 0.2) is 0 Å². The maximum absolute atomic E-state index is 3.33. The average Bonchev–Trinajstić information content (AvgIpc) is 2.30. The predicted octanol–water partition coefficient (Wildman–Crippen LogP) is 2.85. The van der Waals surface area contributed by atoms with Crippen LogP contribution in [0.25, 0.3) is 0 Å². The molecule has 5 atom stereocenters. The monoisotopic (exact) mass is 180 g/mol. The molecule has 5 unspecified atom stereocenters. The predicted molar refractivity (Wildman–Crippen MR) is 54.4 cm³/mol. The van der Waals surface area contributed by atoms with Gasteiger partial charge in [0.2, 0.25) is 0 Å². The smallest absolute Gasteiger partial charge is 0.00852 e. The van der Waals surface area contributed by atoms with Crippen molar-refractivity contribution in [1.29, 1.82) is 0 Å². The first-order valence-electron chi connectivity index (χ1n) is 5.80. The van der Waals surface area contributed by atoms with Crippen LogP contribution >= 0.6 is 0 Å². The van der Waals surface area contributed by atoms with Gasteiger partial charge in [-0.1, -0.05) is 17.2 Å². The van der Waals surface area contributed by atoms with Gasteiger partial charge in [-0.25, -0.2) is 0 Å². The summed E-state index contributed by atoms with van der Waals surface area (Å²) in [6.45, 7) is 0. The minimum absolute atomic E-state index is 0.917. The van der Waals surface area contributed by atoms with Crippen molar-refractivity contribution >= 4 is 0 Å². The van der Waals surface area contributed by atoms with E-state index in [2.05, 4.69) is 24.0 Å². The van der Waals surface area contributed by atoms with E-state index in [9.17, 15) is 0 Å². The molecule has 0 heterocycles. The van der Waals surface area contributed by atoms with E-state index >= 15 is 0 Å². The summed E-state index contributed by atoms with van der Waals surface area (Å²) in [6.07, 6.45) is 9.64. The number of hydrogen-bond acceptors (Lipinski definition) is 0. The van der Waals surface area contributed by atoms with Gasteiger partial charge in [0.25, 0.3) is 0 Å². The van der Waals surface area contributed by atoms with Gasteiger partial charge in [-0.05, 0) is 60.2 Å². The fourth-order valence-electron chi connectivity index (χ4n) is 4.77. The van der Waals surface area contributed by atoms with Crippen molar-refractivity contribution in [3.8, 4) is 0 Å². The maximum atomic E-state index is 3.33. The Morgan fingerprint density at radius 1 is 1.29 bits per heavy atom. The Kier molecular flexibility index (Phi) is 0.799. The van der Waals surface area contributed by atoms with Crippen molar-refractivity contribution in [3.63, 3.8) is 0 Å². The van der Waals surface area contributed by atoms with E-state index in [1.807, 2.05) is 0 Å². The highest BCUT2D eigenvalue weighted by atomic mass is 14.7. The molecule has 3 saturated carbocycles. The first-order valence-corrected chi connectivity index (χ1v) is 5.80. The lowest BCUT2D eigenvalue weighted by Crippen LogP contribution is -2.66. The van der Waals surface area contributed by atoms with Crippen LogP contribution in [0.3, 0.4) is 0 Å². The molecule has 0 N–H and O–H groups in total. The van der Waals surface area contributed by atoms with Gasteiger partial charge >= 0.3 is 0 Å². The third-order valence-electron chi connectivity index (χ3n) is 5.28. The number of allylic oxidation sites excluding steroid dienone is 5. The van der Waals surface area contributed by atoms with Crippen LogP contribution in [0, 0.1) is 29.6 Å². The molecular weight excluding hydrogens is 168 g/mol. The molecule has 0 saturated heterocycles. The third-order valence-corrected chi connectivity index (χ3v) is 5.28. The van der Waals surface area contributed by atoms with Crippen molar-refractivity contribution in [1.82, 2.24) is 0 Å². The molecule has 0 radical (unpaired) electrons. The normalized spacial score (nSPS) is 53.7. The number of rotatable bonds is 0. The second kappa shape index (κ2) is 1.73. The van der Waals surface area contributed by atoms with E-state index in [1.54, 1.807) is 11.1 Å². The van der Waals surface area contributed by atoms with Crippen LogP contribution in [0.4, 0.5) is 0 Å². The molecule has 5 aliphatic rings. The lowest BCUT2D eigenvalue weighted by atomic mass is 9.31. The molecule has 3 fully saturated rings. The summed E-state index contributed by atoms with van der Waals surface area (Å²) in [7, 11) is 0. The topological polar surface area (TPSA) is 0 Å². The molecule has 0 aromatic heterocycles. The minimum atomic E-state index is 0.917. The maximum Gasteiger partial charge on any atom is -0.00852 e. The molecule has 68 valence electrons. The van der Waals surface area contributed by atoms with Gasteiger partial charge in [0.1, 0.15) is 0 Å². The van der Waals surface area contributed by atoms with Crippen LogP contribution in [0.5, 0.6) is 0 Å². The van der Waals surface area contributed by atoms with E-state index in [4.69, 9.17) is 0 Å². The fraction of sp³-hybridized carbons (Fsp3) is 0.500. The van der Waals surface area contributed by atoms with Gasteiger partial charge in [0.05, 0.1) is 0 Å². The molecule has 0 spiro atoms. The average molecular weight is 180 g/mol. The molecule has 0 amide bonds. The Morgan fingerprint density at radius 2 is 2.29 bits per heavy atom. The van der Waals surface area contributed by atoms with Crippen LogP contribution < -0.4 is 0 Å². The Labute approximate surface area is 83.7 Å². The van der Waals surface area contributed by atoms with E-state index in [0.29, 0.717) is 0 Å². The molecule has 14 heavy (non-hydrogen) atoms. The second-order valence-corrected chi connectivity index (χ2v) is 5.48. The van der Waals surface area contributed by atoms with Crippen molar-refractivity contribution in [2.45, 2.75) is 12.8 Å². The van der Waals surface area contributed by atoms with Crippen molar-refractivity contribution < 1.29 is 0 Å². The molecule has 0 bridgehead atoms. The standard InChI is InChI=1S/C14H12/c1-2-4-9-11-7(3-1)5-8-6-10-12(8)14(11)13(9)10/h2-3,5,9-10,12-14H,4,6H2. The Bertz CT molecular complexity index is 482. The highest BCUT2D eigenvalue weighted by Gasteiger charge is 2.69. The quantitative estimate of drug-likeness (QED) is 0.503. The lowest BCUT2D eigenvalue weighted by Gasteiger charge is -2.73. The van der Waals surface area contributed by atoms with E-state index in [0.717, 1.165) is 29.6 Å². The Hall–Kier alpha value is -1.00. The van der Waals surface area contributed by atoms with E-state index in [-0.39, 0.29) is 0 Å². The van der Waals surface area contributed by atoms with Crippen LogP contribution in [0.15, 0.2) is 40.7 Å². The highest BCUT2D eigenvalue weighted by Crippen LogP contribution is 2.76. The lowest BCUT2D eigenvalue weighted by molar-refractivity contribution is -0.120. The second-order valence-electron chi connectivity index (χ2n) is 5.48. The first-order chi connectivity index (χ1) is 6.95. The Balaban J connectivity index is 1.83. The zero-order chi connectivity index (χ0) is 8.86. The molecule has 0 nitrogen and oxygen atoms in total. The van der Waals surface area contributed by atoms with Crippen LogP contribution in [0.2, 0.25) is 0 Å². The van der Waals surface area contributed by atoms with Crippen LogP contribution in [0.1, 0.15) is 12.8 Å². The zero-order valence-electron chi connectivity index (χ0n) is 8.03. The summed E-state index contributed by atoms with van der Waals surface area (Å²) in [4.78, 5) is 0. The Morgan fingerprint density at radius 3 is 3.29 bits per heavy atom. The summed E-state index contributed by atoms with van der Waals surface area (Å²) in [6, 6.07) is 0. The molecule has 5 aliphatic carbocycles. The summed E-state index contributed by atoms with van der Waals surface area (Å²) in [5.41, 5.74) is 8.43. The van der Waals surface area contributed by atoms with Gasteiger partial charge in [-0.15, -0.1) is 5.73 Å². The van der Waals surface area contributed by atoms with E-state index < -0.39 is 0 Å². The first kappa shape index (κ1) is 6.48. The molecule has 5 rings (SSSR count). The summed E-state index contributed by atoms with van der Waals surface area (Å²) < 4.78 is 0. The minimum Gasteiger partial charge on any atom is -0.125 e. The third kappa shape index (κ3) is 0.440. The molecule has 0 heteroatoms. The summed E-state index contributed by atoms with van der Waals surface area (Å²) in [5.74, 6) is 5.10. The van der Waals surface area contributed by atoms with Crippen molar-refractivity contribution in [2.24, 2.45) is 29.6 Å². The fourth-order valence-corrected chi connectivity index (χ4v) is 4.77. The van der Waals surface area contributed by atoms with Crippen LogP contribution in [-0.4, -0.2) is 0 Å². The van der Waals surface area contributed by atoms with E-state index in [1.165, 1.54) is 18.4 Å². The zero-order valence-corrected chi connectivity index (χ0v) is 8.03. The van der Waals surface area contributed by atoms with Crippen molar-refractivity contribution in [3.05, 3.63) is 40.7 Å². The van der Waals surface area contributed by atoms with Crippen molar-refractivity contribution in [2.75, 3.05) is 0 Å². The van der Waals surface area contributed by atoms with Gasteiger partial charge in [0, 0.05) is 0 Å².